The van der Waals surface area contributed by atoms with Gasteiger partial charge >= 0.3 is 0 Å². The second-order valence-electron chi connectivity index (χ2n) is 7.07. The summed E-state index contributed by atoms with van der Waals surface area (Å²) < 4.78 is 10.4. The second-order valence-corrected chi connectivity index (χ2v) is 7.07. The minimum absolute atomic E-state index is 0.289. The molecule has 32 heavy (non-hydrogen) atoms. The normalized spacial score (nSPS) is 25.7. The van der Waals surface area contributed by atoms with Crippen molar-refractivity contribution in [3.63, 3.8) is 0 Å². The number of ketones is 1. The summed E-state index contributed by atoms with van der Waals surface area (Å²) >= 11 is 0. The van der Waals surface area contributed by atoms with Crippen LogP contribution in [0.2, 0.25) is 0 Å². The molecular weight excluding hydrogens is 428 g/mol. The maximum absolute atomic E-state index is 12.4. The third kappa shape index (κ3) is 4.61. The van der Waals surface area contributed by atoms with Gasteiger partial charge in [-0.2, -0.15) is 0 Å². The Hall–Kier alpha value is -3.35. The third-order valence-electron chi connectivity index (χ3n) is 4.90. The Morgan fingerprint density at radius 2 is 1.66 bits per heavy atom. The maximum atomic E-state index is 12.4. The number of phenols is 4. The average molecular weight is 450 g/mol. The summed E-state index contributed by atoms with van der Waals surface area (Å²) in [6, 6.07) is 6.13. The minimum Gasteiger partial charge on any atom is -0.504 e. The molecule has 0 aliphatic carbocycles. The topological polar surface area (TPSA) is 197 Å². The molecule has 172 valence electrons. The number of allylic oxidation sites excluding steroid dienone is 1. The molecule has 11 nitrogen and oxygen atoms in total. The molecule has 8 N–H and O–H groups in total. The molecule has 0 saturated carbocycles. The number of hydrogen-bond acceptors (Lipinski definition) is 11. The van der Waals surface area contributed by atoms with Gasteiger partial charge in [-0.05, 0) is 35.9 Å². The van der Waals surface area contributed by atoms with Crippen molar-refractivity contribution in [2.75, 3.05) is 6.61 Å². The van der Waals surface area contributed by atoms with Gasteiger partial charge in [0.1, 0.15) is 24.4 Å². The van der Waals surface area contributed by atoms with E-state index in [0.717, 1.165) is 18.2 Å². The number of aliphatic hydroxyl groups is 4. The van der Waals surface area contributed by atoms with Gasteiger partial charge in [0.15, 0.2) is 28.8 Å². The molecule has 0 aromatic heterocycles. The Kier molecular flexibility index (Phi) is 6.87. The van der Waals surface area contributed by atoms with Crippen molar-refractivity contribution in [3.05, 3.63) is 47.5 Å². The Balaban J connectivity index is 1.78. The summed E-state index contributed by atoms with van der Waals surface area (Å²) in [7, 11) is 0. The van der Waals surface area contributed by atoms with Crippen LogP contribution in [0.5, 0.6) is 28.7 Å². The SMILES string of the molecule is O=C(/C=C/c1ccc(O)c(O)c1)c1ccc(O[C@H]2O[C@H](CO)[C@@H](O)[C@H](O)[C@H]2O)c(O)c1O. The van der Waals surface area contributed by atoms with Crippen LogP contribution >= 0.6 is 0 Å². The van der Waals surface area contributed by atoms with Gasteiger partial charge in [-0.15, -0.1) is 0 Å². The van der Waals surface area contributed by atoms with Gasteiger partial charge in [-0.25, -0.2) is 0 Å². The van der Waals surface area contributed by atoms with E-state index in [4.69, 9.17) is 9.47 Å². The first-order chi connectivity index (χ1) is 15.1. The van der Waals surface area contributed by atoms with Crippen LogP contribution in [0.1, 0.15) is 15.9 Å². The molecule has 0 radical (unpaired) electrons. The highest BCUT2D eigenvalue weighted by atomic mass is 16.7. The van der Waals surface area contributed by atoms with Gasteiger partial charge < -0.3 is 50.3 Å². The van der Waals surface area contributed by atoms with Crippen molar-refractivity contribution in [3.8, 4) is 28.7 Å². The van der Waals surface area contributed by atoms with Crippen molar-refractivity contribution < 1.29 is 55.1 Å². The number of rotatable bonds is 6. The highest BCUT2D eigenvalue weighted by molar-refractivity contribution is 6.09. The highest BCUT2D eigenvalue weighted by Gasteiger charge is 2.45. The van der Waals surface area contributed by atoms with Crippen LogP contribution in [0.4, 0.5) is 0 Å². The van der Waals surface area contributed by atoms with Crippen molar-refractivity contribution in [1.29, 1.82) is 0 Å². The smallest absolute Gasteiger partial charge is 0.229 e. The van der Waals surface area contributed by atoms with E-state index in [-0.39, 0.29) is 17.1 Å². The van der Waals surface area contributed by atoms with Crippen molar-refractivity contribution >= 4 is 11.9 Å². The van der Waals surface area contributed by atoms with Gasteiger partial charge in [-0.3, -0.25) is 4.79 Å². The van der Waals surface area contributed by atoms with Gasteiger partial charge in [0.2, 0.25) is 12.0 Å². The van der Waals surface area contributed by atoms with Gasteiger partial charge in [0.25, 0.3) is 0 Å². The summed E-state index contributed by atoms with van der Waals surface area (Å²) in [6.45, 7) is -0.680. The van der Waals surface area contributed by atoms with Crippen molar-refractivity contribution in [2.24, 2.45) is 0 Å². The Bertz CT molecular complexity index is 1020. The van der Waals surface area contributed by atoms with Crippen LogP contribution in [0, 0.1) is 0 Å². The molecule has 1 aliphatic rings. The van der Waals surface area contributed by atoms with Crippen LogP contribution in [0.25, 0.3) is 6.08 Å². The summed E-state index contributed by atoms with van der Waals surface area (Å²) in [6.07, 6.45) is -5.49. The highest BCUT2D eigenvalue weighted by Crippen LogP contribution is 2.40. The molecule has 3 rings (SSSR count). The van der Waals surface area contributed by atoms with E-state index in [1.54, 1.807) is 0 Å². The van der Waals surface area contributed by atoms with E-state index in [2.05, 4.69) is 0 Å². The average Bonchev–Trinajstić information content (AvgIpc) is 2.77. The molecule has 0 unspecified atom stereocenters. The molecule has 2 aromatic carbocycles. The van der Waals surface area contributed by atoms with Crippen LogP contribution in [-0.4, -0.2) is 83.9 Å². The lowest BCUT2D eigenvalue weighted by molar-refractivity contribution is -0.277. The molecule has 1 fully saturated rings. The number of hydrogen-bond donors (Lipinski definition) is 8. The first-order valence-corrected chi connectivity index (χ1v) is 9.40. The number of benzene rings is 2. The summed E-state index contributed by atoms with van der Waals surface area (Å²) in [5, 5.41) is 78.1. The molecule has 0 amide bonds. The number of ether oxygens (including phenoxy) is 2. The monoisotopic (exact) mass is 450 g/mol. The van der Waals surface area contributed by atoms with E-state index in [1.807, 2.05) is 0 Å². The fourth-order valence-electron chi connectivity index (χ4n) is 3.05. The second kappa shape index (κ2) is 9.42. The fraction of sp³-hybridized carbons (Fsp3) is 0.286. The van der Waals surface area contributed by atoms with Crippen molar-refractivity contribution in [1.82, 2.24) is 0 Å². The van der Waals surface area contributed by atoms with Gasteiger partial charge in [-0.1, -0.05) is 12.1 Å². The first kappa shape index (κ1) is 23.3. The number of aromatic hydroxyl groups is 4. The maximum Gasteiger partial charge on any atom is 0.229 e. The lowest BCUT2D eigenvalue weighted by Crippen LogP contribution is -2.60. The quantitative estimate of drug-likeness (QED) is 0.162. The van der Waals surface area contributed by atoms with E-state index in [9.17, 15) is 45.6 Å². The largest absolute Gasteiger partial charge is 0.504 e. The number of phenolic OH excluding ortho intramolecular Hbond substituents is 4. The van der Waals surface area contributed by atoms with Crippen LogP contribution < -0.4 is 4.74 Å². The molecule has 1 heterocycles. The fourth-order valence-corrected chi connectivity index (χ4v) is 3.05. The zero-order valence-corrected chi connectivity index (χ0v) is 16.4. The zero-order valence-electron chi connectivity index (χ0n) is 16.4. The lowest BCUT2D eigenvalue weighted by atomic mass is 9.99. The molecule has 0 spiro atoms. The first-order valence-electron chi connectivity index (χ1n) is 9.40. The van der Waals surface area contributed by atoms with Crippen LogP contribution in [0.15, 0.2) is 36.4 Å². The minimum atomic E-state index is -1.74. The van der Waals surface area contributed by atoms with Gasteiger partial charge in [0.05, 0.1) is 12.2 Å². The van der Waals surface area contributed by atoms with E-state index < -0.39 is 60.3 Å². The van der Waals surface area contributed by atoms with Gasteiger partial charge in [0, 0.05) is 0 Å². The number of aliphatic hydroxyl groups excluding tert-OH is 4. The Morgan fingerprint density at radius 3 is 2.31 bits per heavy atom. The Labute approximate surface area is 181 Å². The van der Waals surface area contributed by atoms with E-state index in [1.165, 1.54) is 24.3 Å². The van der Waals surface area contributed by atoms with Crippen LogP contribution in [-0.2, 0) is 4.74 Å². The summed E-state index contributed by atoms with van der Waals surface area (Å²) in [5.74, 6) is -3.47. The van der Waals surface area contributed by atoms with E-state index in [0.29, 0.717) is 5.56 Å². The molecule has 0 bridgehead atoms. The molecule has 1 aliphatic heterocycles. The number of carbonyl (C=O) groups is 1. The molecule has 5 atom stereocenters. The Morgan fingerprint density at radius 1 is 0.938 bits per heavy atom. The molecule has 11 heteroatoms. The lowest BCUT2D eigenvalue weighted by Gasteiger charge is -2.39. The van der Waals surface area contributed by atoms with Crippen LogP contribution in [0.3, 0.4) is 0 Å². The third-order valence-corrected chi connectivity index (χ3v) is 4.90. The van der Waals surface area contributed by atoms with Crippen molar-refractivity contribution in [2.45, 2.75) is 30.7 Å². The molecular formula is C21H22O11. The number of carbonyl (C=O) groups excluding carboxylic acids is 1. The van der Waals surface area contributed by atoms with E-state index >= 15 is 0 Å². The summed E-state index contributed by atoms with van der Waals surface area (Å²) in [5.41, 5.74) is 0.0998. The summed E-state index contributed by atoms with van der Waals surface area (Å²) in [4.78, 5) is 12.4. The zero-order chi connectivity index (χ0) is 23.6. The predicted octanol–water partition coefficient (Wildman–Crippen LogP) is -0.416. The molecule has 1 saturated heterocycles. The molecule has 2 aromatic rings. The standard InChI is InChI=1S/C21H22O11/c22-8-15-18(28)19(29)20(30)21(32-15)31-14-6-3-10(16(26)17(14)27)11(23)4-1-9-2-5-12(24)13(25)7-9/h1-7,15,18-22,24-30H,8H2/b4-1+/t15-,18-,19+,20-,21+/m1/s1. The predicted molar refractivity (Wildman–Crippen MR) is 107 cm³/mol.